The van der Waals surface area contributed by atoms with Crippen LogP contribution in [0.25, 0.3) is 0 Å². The van der Waals surface area contributed by atoms with E-state index >= 15 is 0 Å². The van der Waals surface area contributed by atoms with Gasteiger partial charge in [0, 0.05) is 25.5 Å². The molecule has 1 aromatic rings. The Morgan fingerprint density at radius 3 is 2.52 bits per heavy atom. The van der Waals surface area contributed by atoms with Crippen LogP contribution in [0, 0.1) is 5.82 Å². The summed E-state index contributed by atoms with van der Waals surface area (Å²) in [4.78, 5) is 23.2. The molecule has 1 amide bonds. The number of benzene rings is 1. The molecule has 2 N–H and O–H groups in total. The van der Waals surface area contributed by atoms with Gasteiger partial charge in [0.05, 0.1) is 11.2 Å². The number of ether oxygens (including phenoxy) is 1. The van der Waals surface area contributed by atoms with Crippen molar-refractivity contribution in [2.24, 2.45) is 0 Å². The summed E-state index contributed by atoms with van der Waals surface area (Å²) in [7, 11) is 0. The molecule has 0 bridgehead atoms. The van der Waals surface area contributed by atoms with E-state index in [1.165, 1.54) is 23.9 Å². The number of hydrogen-bond acceptors (Lipinski definition) is 4. The monoisotopic (exact) mass is 341 g/mol. The fourth-order valence-corrected chi connectivity index (χ4v) is 3.27. The maximum absolute atomic E-state index is 13.2. The van der Waals surface area contributed by atoms with E-state index < -0.39 is 11.4 Å². The lowest BCUT2D eigenvalue weighted by molar-refractivity contribution is -0.134. The van der Waals surface area contributed by atoms with Crippen LogP contribution < -0.4 is 5.32 Å². The Morgan fingerprint density at radius 1 is 1.26 bits per heavy atom. The summed E-state index contributed by atoms with van der Waals surface area (Å²) in [6.07, 6.45) is 1.10. The predicted molar refractivity (Wildman–Crippen MR) is 86.1 cm³/mol. The maximum Gasteiger partial charge on any atom is 0.313 e. The molecule has 2 rings (SSSR count). The SMILES string of the molecule is O=C(O)CSCCNC(=O)C1(c2ccc(F)cc2)CCOCC1. The molecule has 1 aliphatic heterocycles. The molecule has 0 radical (unpaired) electrons. The zero-order valence-corrected chi connectivity index (χ0v) is 13.5. The Bertz CT molecular complexity index is 544. The Labute approximate surface area is 138 Å². The second kappa shape index (κ2) is 8.31. The van der Waals surface area contributed by atoms with Gasteiger partial charge in [-0.1, -0.05) is 12.1 Å². The molecule has 1 heterocycles. The van der Waals surface area contributed by atoms with Gasteiger partial charge in [0.2, 0.25) is 5.91 Å². The standard InChI is InChI=1S/C16H20FNO4S/c17-13-3-1-12(2-4-13)16(5-8-22-9-6-16)15(21)18-7-10-23-11-14(19)20/h1-4H,5-11H2,(H,18,21)(H,19,20). The first-order chi connectivity index (χ1) is 11.0. The van der Waals surface area contributed by atoms with E-state index in [1.54, 1.807) is 12.1 Å². The lowest BCUT2D eigenvalue weighted by Gasteiger charge is -2.36. The van der Waals surface area contributed by atoms with Crippen molar-refractivity contribution >= 4 is 23.6 Å². The lowest BCUT2D eigenvalue weighted by atomic mass is 9.73. The number of rotatable bonds is 7. The van der Waals surface area contributed by atoms with E-state index in [4.69, 9.17) is 9.84 Å². The fraction of sp³-hybridized carbons (Fsp3) is 0.500. The molecule has 0 unspecified atom stereocenters. The minimum atomic E-state index is -0.867. The van der Waals surface area contributed by atoms with Gasteiger partial charge in [0.25, 0.3) is 0 Å². The summed E-state index contributed by atoms with van der Waals surface area (Å²) in [5.41, 5.74) is 0.0848. The van der Waals surface area contributed by atoms with Crippen molar-refractivity contribution in [1.29, 1.82) is 0 Å². The van der Waals surface area contributed by atoms with Crippen LogP contribution in [0.15, 0.2) is 24.3 Å². The molecule has 1 saturated heterocycles. The van der Waals surface area contributed by atoms with E-state index in [0.29, 0.717) is 38.4 Å². The molecule has 5 nitrogen and oxygen atoms in total. The van der Waals surface area contributed by atoms with Gasteiger partial charge >= 0.3 is 5.97 Å². The van der Waals surface area contributed by atoms with E-state index in [-0.39, 0.29) is 17.5 Å². The van der Waals surface area contributed by atoms with Crippen molar-refractivity contribution in [3.63, 3.8) is 0 Å². The van der Waals surface area contributed by atoms with Crippen LogP contribution >= 0.6 is 11.8 Å². The highest BCUT2D eigenvalue weighted by Gasteiger charge is 2.41. The molecule has 7 heteroatoms. The maximum atomic E-state index is 13.2. The highest BCUT2D eigenvalue weighted by atomic mass is 32.2. The van der Waals surface area contributed by atoms with Crippen LogP contribution in [-0.4, -0.2) is 48.2 Å². The molecule has 0 aliphatic carbocycles. The molecule has 1 aromatic carbocycles. The normalized spacial score (nSPS) is 16.7. The summed E-state index contributed by atoms with van der Waals surface area (Å²) >= 11 is 1.26. The lowest BCUT2D eigenvalue weighted by Crippen LogP contribution is -2.48. The van der Waals surface area contributed by atoms with Crippen LogP contribution in [0.5, 0.6) is 0 Å². The van der Waals surface area contributed by atoms with Crippen molar-refractivity contribution in [3.05, 3.63) is 35.6 Å². The largest absolute Gasteiger partial charge is 0.481 e. The first-order valence-corrected chi connectivity index (χ1v) is 8.62. The molecule has 1 fully saturated rings. The molecule has 1 aliphatic rings. The zero-order chi connectivity index (χ0) is 16.7. The van der Waals surface area contributed by atoms with Crippen LogP contribution in [0.1, 0.15) is 18.4 Å². The van der Waals surface area contributed by atoms with Crippen molar-refractivity contribution in [2.75, 3.05) is 31.3 Å². The Hall–Kier alpha value is -1.60. The summed E-state index contributed by atoms with van der Waals surface area (Å²) in [6, 6.07) is 6.03. The van der Waals surface area contributed by atoms with E-state index in [0.717, 1.165) is 5.56 Å². The first kappa shape index (κ1) is 17.7. The predicted octanol–water partition coefficient (Wildman–Crippen LogP) is 1.81. The van der Waals surface area contributed by atoms with Crippen LogP contribution in [0.3, 0.4) is 0 Å². The number of amides is 1. The van der Waals surface area contributed by atoms with Crippen LogP contribution in [0.2, 0.25) is 0 Å². The number of nitrogens with one attached hydrogen (secondary N) is 1. The van der Waals surface area contributed by atoms with Gasteiger partial charge in [-0.25, -0.2) is 4.39 Å². The minimum absolute atomic E-state index is 0.0207. The number of thioether (sulfide) groups is 1. The van der Waals surface area contributed by atoms with Gasteiger partial charge in [-0.3, -0.25) is 9.59 Å². The number of hydrogen-bond donors (Lipinski definition) is 2. The fourth-order valence-electron chi connectivity index (χ4n) is 2.70. The molecule has 0 aromatic heterocycles. The Balaban J connectivity index is 2.01. The molecule has 0 atom stereocenters. The molecular formula is C16H20FNO4S. The van der Waals surface area contributed by atoms with Gasteiger partial charge in [-0.2, -0.15) is 0 Å². The van der Waals surface area contributed by atoms with Crippen LogP contribution in [0.4, 0.5) is 4.39 Å². The average molecular weight is 341 g/mol. The molecule has 126 valence electrons. The van der Waals surface area contributed by atoms with E-state index in [1.807, 2.05) is 0 Å². The number of carboxylic acid groups (broad SMARTS) is 1. The third kappa shape index (κ3) is 4.68. The first-order valence-electron chi connectivity index (χ1n) is 7.46. The smallest absolute Gasteiger partial charge is 0.313 e. The van der Waals surface area contributed by atoms with Gasteiger partial charge < -0.3 is 15.2 Å². The number of carboxylic acids is 1. The summed E-state index contributed by atoms with van der Waals surface area (Å²) < 4.78 is 18.5. The van der Waals surface area contributed by atoms with Crippen molar-refractivity contribution in [2.45, 2.75) is 18.3 Å². The summed E-state index contributed by atoms with van der Waals surface area (Å²) in [5, 5.41) is 11.5. The number of aliphatic carboxylic acids is 1. The number of halogens is 1. The second-order valence-corrected chi connectivity index (χ2v) is 6.51. The van der Waals surface area contributed by atoms with Crippen LogP contribution in [-0.2, 0) is 19.7 Å². The van der Waals surface area contributed by atoms with E-state index in [9.17, 15) is 14.0 Å². The topological polar surface area (TPSA) is 75.6 Å². The highest BCUT2D eigenvalue weighted by Crippen LogP contribution is 2.35. The highest BCUT2D eigenvalue weighted by molar-refractivity contribution is 7.99. The third-order valence-corrected chi connectivity index (χ3v) is 4.88. The molecule has 0 saturated carbocycles. The Kier molecular flexibility index (Phi) is 6.41. The van der Waals surface area contributed by atoms with Gasteiger partial charge in [0.15, 0.2) is 0 Å². The number of carbonyl (C=O) groups excluding carboxylic acids is 1. The molecule has 23 heavy (non-hydrogen) atoms. The number of carbonyl (C=O) groups is 2. The minimum Gasteiger partial charge on any atom is -0.481 e. The second-order valence-electron chi connectivity index (χ2n) is 5.40. The quantitative estimate of drug-likeness (QED) is 0.740. The van der Waals surface area contributed by atoms with Gasteiger partial charge in [-0.15, -0.1) is 11.8 Å². The van der Waals surface area contributed by atoms with Gasteiger partial charge in [-0.05, 0) is 30.5 Å². The Morgan fingerprint density at radius 2 is 1.91 bits per heavy atom. The zero-order valence-electron chi connectivity index (χ0n) is 12.7. The van der Waals surface area contributed by atoms with Crippen molar-refractivity contribution < 1.29 is 23.8 Å². The summed E-state index contributed by atoms with van der Waals surface area (Å²) in [5.74, 6) is -0.751. The van der Waals surface area contributed by atoms with Crippen molar-refractivity contribution in [1.82, 2.24) is 5.32 Å². The van der Waals surface area contributed by atoms with Gasteiger partial charge in [0.1, 0.15) is 5.82 Å². The molecule has 0 spiro atoms. The van der Waals surface area contributed by atoms with E-state index in [2.05, 4.69) is 5.32 Å². The third-order valence-electron chi connectivity index (χ3n) is 3.94. The summed E-state index contributed by atoms with van der Waals surface area (Å²) in [6.45, 7) is 1.37. The average Bonchev–Trinajstić information content (AvgIpc) is 2.55. The molecular weight excluding hydrogens is 321 g/mol. The van der Waals surface area contributed by atoms with Crippen molar-refractivity contribution in [3.8, 4) is 0 Å².